The standard InChI is InChI=1S/C18H21NO3S/c20-12-14-23-13-11-19-17(21)18(22,15-7-3-1-4-8-15)16-9-5-2-6-10-16/h1-10,20,22H,11-14H2,(H,19,21). The van der Waals surface area contributed by atoms with Gasteiger partial charge in [0, 0.05) is 18.1 Å². The lowest BCUT2D eigenvalue weighted by Crippen LogP contribution is -2.46. The Kier molecular flexibility index (Phi) is 6.65. The molecule has 0 fully saturated rings. The summed E-state index contributed by atoms with van der Waals surface area (Å²) < 4.78 is 0. The van der Waals surface area contributed by atoms with Crippen molar-refractivity contribution in [3.8, 4) is 0 Å². The van der Waals surface area contributed by atoms with Crippen molar-refractivity contribution in [3.63, 3.8) is 0 Å². The summed E-state index contributed by atoms with van der Waals surface area (Å²) >= 11 is 1.55. The molecule has 5 heteroatoms. The quantitative estimate of drug-likeness (QED) is 0.645. The molecular weight excluding hydrogens is 310 g/mol. The Labute approximate surface area is 140 Å². The average molecular weight is 331 g/mol. The molecule has 4 nitrogen and oxygen atoms in total. The molecule has 0 bridgehead atoms. The molecule has 0 atom stereocenters. The molecule has 0 unspecified atom stereocenters. The maximum absolute atomic E-state index is 12.7. The van der Waals surface area contributed by atoms with Gasteiger partial charge in [-0.15, -0.1) is 0 Å². The summed E-state index contributed by atoms with van der Waals surface area (Å²) in [6, 6.07) is 17.9. The largest absolute Gasteiger partial charge is 0.396 e. The van der Waals surface area contributed by atoms with Gasteiger partial charge < -0.3 is 15.5 Å². The fraction of sp³-hybridized carbons (Fsp3) is 0.278. The number of thioether (sulfide) groups is 1. The van der Waals surface area contributed by atoms with Gasteiger partial charge in [0.2, 0.25) is 0 Å². The van der Waals surface area contributed by atoms with E-state index in [1.807, 2.05) is 12.1 Å². The van der Waals surface area contributed by atoms with Crippen LogP contribution in [0.1, 0.15) is 11.1 Å². The molecule has 0 heterocycles. The summed E-state index contributed by atoms with van der Waals surface area (Å²) in [5, 5.41) is 22.7. The number of hydrogen-bond acceptors (Lipinski definition) is 4. The van der Waals surface area contributed by atoms with E-state index in [0.717, 1.165) is 0 Å². The van der Waals surface area contributed by atoms with E-state index < -0.39 is 11.5 Å². The van der Waals surface area contributed by atoms with Gasteiger partial charge in [-0.1, -0.05) is 60.7 Å². The summed E-state index contributed by atoms with van der Waals surface area (Å²) in [6.07, 6.45) is 0. The van der Waals surface area contributed by atoms with Crippen LogP contribution in [0, 0.1) is 0 Å². The SMILES string of the molecule is O=C(NCCSCCO)C(O)(c1ccccc1)c1ccccc1. The van der Waals surface area contributed by atoms with Crippen LogP contribution in [0.5, 0.6) is 0 Å². The molecule has 0 spiro atoms. The predicted molar refractivity (Wildman–Crippen MR) is 93.3 cm³/mol. The van der Waals surface area contributed by atoms with Crippen molar-refractivity contribution in [3.05, 3.63) is 71.8 Å². The number of hydrogen-bond donors (Lipinski definition) is 3. The van der Waals surface area contributed by atoms with E-state index in [9.17, 15) is 9.90 Å². The van der Waals surface area contributed by atoms with Gasteiger partial charge in [0.15, 0.2) is 5.60 Å². The van der Waals surface area contributed by atoms with Gasteiger partial charge in [-0.2, -0.15) is 11.8 Å². The molecule has 2 rings (SSSR count). The van der Waals surface area contributed by atoms with Gasteiger partial charge in [0.05, 0.1) is 6.61 Å². The first-order valence-electron chi connectivity index (χ1n) is 7.50. The molecule has 122 valence electrons. The van der Waals surface area contributed by atoms with Crippen molar-refractivity contribution in [1.29, 1.82) is 0 Å². The topological polar surface area (TPSA) is 69.6 Å². The average Bonchev–Trinajstić information content (AvgIpc) is 2.62. The van der Waals surface area contributed by atoms with Crippen LogP contribution in [-0.2, 0) is 10.4 Å². The van der Waals surface area contributed by atoms with Crippen LogP contribution in [0.4, 0.5) is 0 Å². The van der Waals surface area contributed by atoms with E-state index in [4.69, 9.17) is 5.11 Å². The molecule has 0 radical (unpaired) electrons. The summed E-state index contributed by atoms with van der Waals surface area (Å²) in [5.74, 6) is 0.878. The van der Waals surface area contributed by atoms with Crippen LogP contribution in [0.15, 0.2) is 60.7 Å². The molecule has 3 N–H and O–H groups in total. The smallest absolute Gasteiger partial charge is 0.261 e. The van der Waals surface area contributed by atoms with Crippen molar-refractivity contribution in [2.75, 3.05) is 24.7 Å². The van der Waals surface area contributed by atoms with Crippen molar-refractivity contribution in [1.82, 2.24) is 5.32 Å². The fourth-order valence-corrected chi connectivity index (χ4v) is 2.90. The number of rotatable bonds is 8. The van der Waals surface area contributed by atoms with Gasteiger partial charge in [0.1, 0.15) is 0 Å². The van der Waals surface area contributed by atoms with Gasteiger partial charge in [-0.05, 0) is 11.1 Å². The zero-order valence-electron chi connectivity index (χ0n) is 12.8. The van der Waals surface area contributed by atoms with Crippen molar-refractivity contribution in [2.45, 2.75) is 5.60 Å². The number of amides is 1. The number of carbonyl (C=O) groups is 1. The van der Waals surface area contributed by atoms with Crippen molar-refractivity contribution < 1.29 is 15.0 Å². The van der Waals surface area contributed by atoms with Crippen molar-refractivity contribution in [2.24, 2.45) is 0 Å². The minimum absolute atomic E-state index is 0.122. The Balaban J connectivity index is 2.19. The first-order chi connectivity index (χ1) is 11.2. The minimum atomic E-state index is -1.72. The number of nitrogens with one attached hydrogen (secondary N) is 1. The lowest BCUT2D eigenvalue weighted by atomic mass is 9.85. The molecule has 0 aliphatic carbocycles. The van der Waals surface area contributed by atoms with Crippen LogP contribution in [0.25, 0.3) is 0 Å². The van der Waals surface area contributed by atoms with Crippen LogP contribution < -0.4 is 5.32 Å². The molecular formula is C18H21NO3S. The Bertz CT molecular complexity index is 565. The second kappa shape index (κ2) is 8.72. The highest BCUT2D eigenvalue weighted by Crippen LogP contribution is 2.29. The van der Waals surface area contributed by atoms with Gasteiger partial charge in [-0.25, -0.2) is 0 Å². The molecule has 0 saturated heterocycles. The van der Waals surface area contributed by atoms with Crippen LogP contribution in [-0.4, -0.2) is 40.8 Å². The Morgan fingerprint density at radius 2 is 1.48 bits per heavy atom. The molecule has 0 saturated carbocycles. The van der Waals surface area contributed by atoms with Crippen LogP contribution in [0.2, 0.25) is 0 Å². The third kappa shape index (κ3) is 4.34. The normalized spacial score (nSPS) is 11.2. The Hall–Kier alpha value is -1.82. The maximum Gasteiger partial charge on any atom is 0.261 e. The van der Waals surface area contributed by atoms with E-state index in [1.54, 1.807) is 60.3 Å². The number of aliphatic hydroxyl groups excluding tert-OH is 1. The Morgan fingerprint density at radius 1 is 0.957 bits per heavy atom. The number of benzene rings is 2. The highest BCUT2D eigenvalue weighted by Gasteiger charge is 2.39. The lowest BCUT2D eigenvalue weighted by Gasteiger charge is -2.28. The molecule has 1 amide bonds. The molecule has 2 aromatic rings. The second-order valence-electron chi connectivity index (χ2n) is 5.03. The molecule has 0 aliphatic rings. The summed E-state index contributed by atoms with van der Waals surface area (Å²) in [5.41, 5.74) is -0.650. The van der Waals surface area contributed by atoms with Gasteiger partial charge in [0.25, 0.3) is 5.91 Å². The molecule has 0 aliphatic heterocycles. The van der Waals surface area contributed by atoms with E-state index in [1.165, 1.54) is 0 Å². The molecule has 2 aromatic carbocycles. The Morgan fingerprint density at radius 3 is 1.96 bits per heavy atom. The third-order valence-corrected chi connectivity index (χ3v) is 4.44. The number of carbonyl (C=O) groups excluding carboxylic acids is 1. The summed E-state index contributed by atoms with van der Waals surface area (Å²) in [4.78, 5) is 12.7. The zero-order chi connectivity index (χ0) is 16.5. The minimum Gasteiger partial charge on any atom is -0.396 e. The van der Waals surface area contributed by atoms with Crippen LogP contribution in [0.3, 0.4) is 0 Å². The summed E-state index contributed by atoms with van der Waals surface area (Å²) in [6.45, 7) is 0.558. The molecule has 0 aromatic heterocycles. The van der Waals surface area contributed by atoms with Gasteiger partial charge in [-0.3, -0.25) is 4.79 Å². The first kappa shape index (κ1) is 17.5. The van der Waals surface area contributed by atoms with E-state index in [-0.39, 0.29) is 6.61 Å². The van der Waals surface area contributed by atoms with E-state index in [2.05, 4.69) is 5.32 Å². The maximum atomic E-state index is 12.7. The predicted octanol–water partition coefficient (Wildman–Crippen LogP) is 1.76. The molecule has 23 heavy (non-hydrogen) atoms. The monoisotopic (exact) mass is 331 g/mol. The lowest BCUT2D eigenvalue weighted by molar-refractivity contribution is -0.136. The second-order valence-corrected chi connectivity index (χ2v) is 6.26. The third-order valence-electron chi connectivity index (χ3n) is 3.48. The first-order valence-corrected chi connectivity index (χ1v) is 8.65. The van der Waals surface area contributed by atoms with Gasteiger partial charge >= 0.3 is 0 Å². The number of aliphatic hydroxyl groups is 2. The zero-order valence-corrected chi connectivity index (χ0v) is 13.6. The van der Waals surface area contributed by atoms with E-state index >= 15 is 0 Å². The highest BCUT2D eigenvalue weighted by molar-refractivity contribution is 7.99. The van der Waals surface area contributed by atoms with E-state index in [0.29, 0.717) is 29.2 Å². The van der Waals surface area contributed by atoms with Crippen LogP contribution >= 0.6 is 11.8 Å². The summed E-state index contributed by atoms with van der Waals surface area (Å²) in [7, 11) is 0. The fourth-order valence-electron chi connectivity index (χ4n) is 2.32. The highest BCUT2D eigenvalue weighted by atomic mass is 32.2. The van der Waals surface area contributed by atoms with Crippen molar-refractivity contribution >= 4 is 17.7 Å².